The van der Waals surface area contributed by atoms with Crippen LogP contribution in [0.1, 0.15) is 27.7 Å². The summed E-state index contributed by atoms with van der Waals surface area (Å²) in [6.07, 6.45) is 0. The fourth-order valence-electron chi connectivity index (χ4n) is 1.77. The molecule has 1 rings (SSSR count). The predicted octanol–water partition coefficient (Wildman–Crippen LogP) is 0.148. The quantitative estimate of drug-likeness (QED) is 0.748. The number of methoxy groups -OCH3 is 1. The Balaban J connectivity index is 2.97. The van der Waals surface area contributed by atoms with E-state index in [-0.39, 0.29) is 11.8 Å². The maximum absolute atomic E-state index is 12.2. The summed E-state index contributed by atoms with van der Waals surface area (Å²) in [5.74, 6) is -0.206. The largest absolute Gasteiger partial charge is 0.383 e. The summed E-state index contributed by atoms with van der Waals surface area (Å²) in [5, 5.41) is 2.73. The first kappa shape index (κ1) is 13.0. The van der Waals surface area contributed by atoms with Crippen molar-refractivity contribution in [3.05, 3.63) is 0 Å². The summed E-state index contributed by atoms with van der Waals surface area (Å²) >= 11 is 0. The molecule has 0 saturated carbocycles. The molecule has 1 heterocycles. The van der Waals surface area contributed by atoms with Crippen LogP contribution in [0.5, 0.6) is 0 Å². The van der Waals surface area contributed by atoms with Gasteiger partial charge in [-0.1, -0.05) is 0 Å². The molecular weight excluding hydrogens is 208 g/mol. The number of carbonyl (C=O) groups is 2. The second-order valence-corrected chi connectivity index (χ2v) is 5.09. The third kappa shape index (κ3) is 2.04. The maximum Gasteiger partial charge on any atom is 0.248 e. The highest BCUT2D eigenvalue weighted by atomic mass is 16.5. The summed E-state index contributed by atoms with van der Waals surface area (Å²) in [6.45, 7) is 7.76. The fraction of sp³-hybridized carbons (Fsp3) is 0.818. The van der Waals surface area contributed by atoms with E-state index in [1.807, 2.05) is 0 Å². The first-order valence-electron chi connectivity index (χ1n) is 5.37. The molecule has 92 valence electrons. The molecule has 0 unspecified atom stereocenters. The van der Waals surface area contributed by atoms with Crippen molar-refractivity contribution in [2.24, 2.45) is 0 Å². The number of amides is 2. The van der Waals surface area contributed by atoms with E-state index in [9.17, 15) is 9.59 Å². The van der Waals surface area contributed by atoms with Gasteiger partial charge in [-0.15, -0.1) is 0 Å². The lowest BCUT2D eigenvalue weighted by Gasteiger charge is -2.47. The Morgan fingerprint density at radius 1 is 1.25 bits per heavy atom. The second-order valence-electron chi connectivity index (χ2n) is 5.09. The molecule has 0 aromatic rings. The van der Waals surface area contributed by atoms with Gasteiger partial charge < -0.3 is 15.0 Å². The molecule has 16 heavy (non-hydrogen) atoms. The molecule has 1 saturated heterocycles. The van der Waals surface area contributed by atoms with Gasteiger partial charge in [-0.3, -0.25) is 9.59 Å². The molecule has 1 fully saturated rings. The Morgan fingerprint density at radius 2 is 1.81 bits per heavy atom. The van der Waals surface area contributed by atoms with E-state index in [2.05, 4.69) is 5.32 Å². The third-order valence-corrected chi connectivity index (χ3v) is 2.96. The minimum absolute atomic E-state index is 0.0749. The van der Waals surface area contributed by atoms with Gasteiger partial charge >= 0.3 is 0 Å². The monoisotopic (exact) mass is 228 g/mol. The predicted molar refractivity (Wildman–Crippen MR) is 59.9 cm³/mol. The molecule has 2 amide bonds. The second kappa shape index (κ2) is 4.05. The summed E-state index contributed by atoms with van der Waals surface area (Å²) in [6, 6.07) is 0. The SMILES string of the molecule is COCCN1C(=O)C(C)(C)NC(=O)C1(C)C. The molecule has 0 atom stereocenters. The first-order valence-corrected chi connectivity index (χ1v) is 5.37. The van der Waals surface area contributed by atoms with E-state index in [1.54, 1.807) is 39.7 Å². The number of nitrogens with one attached hydrogen (secondary N) is 1. The molecule has 0 aromatic heterocycles. The van der Waals surface area contributed by atoms with Gasteiger partial charge in [0.1, 0.15) is 11.1 Å². The van der Waals surface area contributed by atoms with Crippen LogP contribution in [0.2, 0.25) is 0 Å². The van der Waals surface area contributed by atoms with Gasteiger partial charge in [0.2, 0.25) is 11.8 Å². The summed E-state index contributed by atoms with van der Waals surface area (Å²) in [4.78, 5) is 25.7. The van der Waals surface area contributed by atoms with Gasteiger partial charge in [0.25, 0.3) is 0 Å². The summed E-state index contributed by atoms with van der Waals surface area (Å²) < 4.78 is 4.96. The lowest BCUT2D eigenvalue weighted by atomic mass is 9.90. The van der Waals surface area contributed by atoms with Crippen LogP contribution in [0.4, 0.5) is 0 Å². The number of ether oxygens (including phenoxy) is 1. The van der Waals surface area contributed by atoms with E-state index in [0.29, 0.717) is 13.2 Å². The van der Waals surface area contributed by atoms with Crippen molar-refractivity contribution < 1.29 is 14.3 Å². The summed E-state index contributed by atoms with van der Waals surface area (Å²) in [7, 11) is 1.58. The van der Waals surface area contributed by atoms with Gasteiger partial charge in [0, 0.05) is 13.7 Å². The van der Waals surface area contributed by atoms with Crippen LogP contribution in [0.15, 0.2) is 0 Å². The molecule has 1 N–H and O–H groups in total. The lowest BCUT2D eigenvalue weighted by molar-refractivity contribution is -0.160. The molecule has 1 aliphatic rings. The number of carbonyl (C=O) groups excluding carboxylic acids is 2. The molecule has 1 aliphatic heterocycles. The van der Waals surface area contributed by atoms with E-state index >= 15 is 0 Å². The molecule has 0 spiro atoms. The first-order chi connectivity index (χ1) is 7.23. The van der Waals surface area contributed by atoms with E-state index in [1.165, 1.54) is 0 Å². The zero-order valence-corrected chi connectivity index (χ0v) is 10.6. The van der Waals surface area contributed by atoms with E-state index in [0.717, 1.165) is 0 Å². The highest BCUT2D eigenvalue weighted by molar-refractivity contribution is 6.01. The normalized spacial score (nSPS) is 23.2. The lowest BCUT2D eigenvalue weighted by Crippen LogP contribution is -2.72. The van der Waals surface area contributed by atoms with Crippen molar-refractivity contribution in [3.63, 3.8) is 0 Å². The van der Waals surface area contributed by atoms with Crippen molar-refractivity contribution in [1.82, 2.24) is 10.2 Å². The minimum Gasteiger partial charge on any atom is -0.383 e. The number of nitrogens with zero attached hydrogens (tertiary/aromatic N) is 1. The summed E-state index contributed by atoms with van der Waals surface area (Å²) in [5.41, 5.74) is -1.65. The van der Waals surface area contributed by atoms with Crippen LogP contribution >= 0.6 is 0 Å². The molecule has 0 radical (unpaired) electrons. The van der Waals surface area contributed by atoms with Crippen LogP contribution in [-0.4, -0.2) is 48.1 Å². The van der Waals surface area contributed by atoms with Crippen LogP contribution in [-0.2, 0) is 14.3 Å². The van der Waals surface area contributed by atoms with Crippen LogP contribution in [0, 0.1) is 0 Å². The van der Waals surface area contributed by atoms with Crippen molar-refractivity contribution in [2.45, 2.75) is 38.8 Å². The maximum atomic E-state index is 12.2. The molecule has 5 nitrogen and oxygen atoms in total. The smallest absolute Gasteiger partial charge is 0.248 e. The van der Waals surface area contributed by atoms with E-state index < -0.39 is 11.1 Å². The van der Waals surface area contributed by atoms with Gasteiger partial charge in [0.15, 0.2) is 0 Å². The number of rotatable bonds is 3. The highest BCUT2D eigenvalue weighted by Gasteiger charge is 2.49. The standard InChI is InChI=1S/C11H20N2O3/c1-10(2)9(15)13(6-7-16-5)11(3,4)8(14)12-10/h6-7H2,1-5H3,(H,12,14). The topological polar surface area (TPSA) is 58.6 Å². The number of hydrogen-bond donors (Lipinski definition) is 1. The van der Waals surface area contributed by atoms with Crippen LogP contribution in [0.3, 0.4) is 0 Å². The van der Waals surface area contributed by atoms with Crippen molar-refractivity contribution in [1.29, 1.82) is 0 Å². The van der Waals surface area contributed by atoms with Crippen LogP contribution < -0.4 is 5.32 Å². The Bertz CT molecular complexity index is 310. The average Bonchev–Trinajstić information content (AvgIpc) is 2.15. The minimum atomic E-state index is -0.833. The third-order valence-electron chi connectivity index (χ3n) is 2.96. The zero-order valence-electron chi connectivity index (χ0n) is 10.6. The van der Waals surface area contributed by atoms with Gasteiger partial charge in [0.05, 0.1) is 6.61 Å². The number of piperazine rings is 1. The molecule has 0 bridgehead atoms. The van der Waals surface area contributed by atoms with Crippen molar-refractivity contribution in [3.8, 4) is 0 Å². The molecule has 0 aliphatic carbocycles. The molecular formula is C11H20N2O3. The van der Waals surface area contributed by atoms with Gasteiger partial charge in [-0.25, -0.2) is 0 Å². The van der Waals surface area contributed by atoms with Crippen molar-refractivity contribution >= 4 is 11.8 Å². The van der Waals surface area contributed by atoms with E-state index in [4.69, 9.17) is 4.74 Å². The van der Waals surface area contributed by atoms with Crippen molar-refractivity contribution in [2.75, 3.05) is 20.3 Å². The average molecular weight is 228 g/mol. The Morgan fingerprint density at radius 3 is 2.31 bits per heavy atom. The molecule has 0 aromatic carbocycles. The van der Waals surface area contributed by atoms with Crippen LogP contribution in [0.25, 0.3) is 0 Å². The Labute approximate surface area is 96.1 Å². The Hall–Kier alpha value is -1.10. The number of hydrogen-bond acceptors (Lipinski definition) is 3. The zero-order chi connectivity index (χ0) is 12.6. The van der Waals surface area contributed by atoms with Gasteiger partial charge in [-0.05, 0) is 27.7 Å². The Kier molecular flexibility index (Phi) is 3.28. The highest BCUT2D eigenvalue weighted by Crippen LogP contribution is 2.25. The molecule has 5 heteroatoms. The fourth-order valence-corrected chi connectivity index (χ4v) is 1.77. The van der Waals surface area contributed by atoms with Gasteiger partial charge in [-0.2, -0.15) is 0 Å².